The molecular formula is C15H10ClN3O3. The van der Waals surface area contributed by atoms with Crippen molar-refractivity contribution in [2.24, 2.45) is 0 Å². The van der Waals surface area contributed by atoms with Crippen LogP contribution in [0.2, 0.25) is 5.02 Å². The Bertz CT molecular complexity index is 843. The monoisotopic (exact) mass is 315 g/mol. The van der Waals surface area contributed by atoms with Crippen LogP contribution in [0.5, 0.6) is 0 Å². The molecule has 110 valence electrons. The number of halogens is 1. The summed E-state index contributed by atoms with van der Waals surface area (Å²) in [6.07, 6.45) is 0. The summed E-state index contributed by atoms with van der Waals surface area (Å²) in [5, 5.41) is 19.6. The first-order valence-corrected chi connectivity index (χ1v) is 6.78. The Morgan fingerprint density at radius 3 is 2.45 bits per heavy atom. The molecule has 0 bridgehead atoms. The average Bonchev–Trinajstić information content (AvgIpc) is 2.97. The third kappa shape index (κ3) is 2.56. The number of aromatic nitrogens is 2. The van der Waals surface area contributed by atoms with Gasteiger partial charge in [0.2, 0.25) is 11.8 Å². The maximum atomic E-state index is 11.0. The molecule has 0 N–H and O–H groups in total. The van der Waals surface area contributed by atoms with Gasteiger partial charge in [0, 0.05) is 27.8 Å². The molecule has 1 heterocycles. The van der Waals surface area contributed by atoms with Crippen molar-refractivity contribution in [3.05, 3.63) is 63.2 Å². The van der Waals surface area contributed by atoms with Crippen LogP contribution in [0.25, 0.3) is 22.9 Å². The lowest BCUT2D eigenvalue weighted by Crippen LogP contribution is -1.93. The van der Waals surface area contributed by atoms with Crippen molar-refractivity contribution in [1.29, 1.82) is 0 Å². The molecule has 0 aliphatic carbocycles. The molecule has 0 saturated carbocycles. The lowest BCUT2D eigenvalue weighted by Gasteiger charge is -2.01. The van der Waals surface area contributed by atoms with E-state index >= 15 is 0 Å². The number of benzene rings is 2. The lowest BCUT2D eigenvalue weighted by atomic mass is 10.1. The smallest absolute Gasteiger partial charge is 0.273 e. The van der Waals surface area contributed by atoms with Gasteiger partial charge in [-0.3, -0.25) is 10.1 Å². The normalized spacial score (nSPS) is 10.6. The fourth-order valence-electron chi connectivity index (χ4n) is 2.09. The van der Waals surface area contributed by atoms with Gasteiger partial charge in [0.05, 0.1) is 4.92 Å². The van der Waals surface area contributed by atoms with Crippen molar-refractivity contribution in [2.75, 3.05) is 0 Å². The topological polar surface area (TPSA) is 82.1 Å². The predicted octanol–water partition coefficient (Wildman–Crippen LogP) is 4.27. The van der Waals surface area contributed by atoms with Crippen molar-refractivity contribution in [3.8, 4) is 22.9 Å². The Morgan fingerprint density at radius 2 is 1.77 bits per heavy atom. The molecule has 2 aromatic carbocycles. The van der Waals surface area contributed by atoms with E-state index in [1.165, 1.54) is 6.07 Å². The molecule has 0 radical (unpaired) electrons. The maximum absolute atomic E-state index is 11.0. The zero-order valence-corrected chi connectivity index (χ0v) is 12.2. The van der Waals surface area contributed by atoms with Gasteiger partial charge in [0.15, 0.2) is 0 Å². The molecule has 0 unspecified atom stereocenters. The van der Waals surface area contributed by atoms with Crippen molar-refractivity contribution in [1.82, 2.24) is 10.2 Å². The SMILES string of the molecule is Cc1c(-c2nnc(-c3ccc(Cl)cc3)o2)cccc1[N+](=O)[O-]. The Labute approximate surface area is 130 Å². The van der Waals surface area contributed by atoms with E-state index in [2.05, 4.69) is 10.2 Å². The van der Waals surface area contributed by atoms with E-state index in [1.54, 1.807) is 43.3 Å². The molecule has 3 rings (SSSR count). The summed E-state index contributed by atoms with van der Waals surface area (Å²) in [6.45, 7) is 1.65. The summed E-state index contributed by atoms with van der Waals surface area (Å²) in [7, 11) is 0. The lowest BCUT2D eigenvalue weighted by molar-refractivity contribution is -0.385. The molecule has 0 fully saturated rings. The van der Waals surface area contributed by atoms with Crippen LogP contribution in [0.15, 0.2) is 46.9 Å². The second kappa shape index (κ2) is 5.57. The maximum Gasteiger partial charge on any atom is 0.273 e. The summed E-state index contributed by atoms with van der Waals surface area (Å²) >= 11 is 5.84. The highest BCUT2D eigenvalue weighted by Gasteiger charge is 2.18. The minimum atomic E-state index is -0.435. The average molecular weight is 316 g/mol. The number of nitro groups is 1. The van der Waals surface area contributed by atoms with Gasteiger partial charge in [-0.15, -0.1) is 10.2 Å². The zero-order chi connectivity index (χ0) is 15.7. The summed E-state index contributed by atoms with van der Waals surface area (Å²) in [6, 6.07) is 11.7. The van der Waals surface area contributed by atoms with Crippen LogP contribution in [-0.4, -0.2) is 15.1 Å². The van der Waals surface area contributed by atoms with Crippen molar-refractivity contribution in [2.45, 2.75) is 6.92 Å². The fourth-order valence-corrected chi connectivity index (χ4v) is 2.22. The van der Waals surface area contributed by atoms with E-state index in [4.69, 9.17) is 16.0 Å². The largest absolute Gasteiger partial charge is 0.416 e. The number of nitrogens with zero attached hydrogens (tertiary/aromatic N) is 3. The number of rotatable bonds is 3. The Balaban J connectivity index is 2.03. The van der Waals surface area contributed by atoms with Crippen LogP contribution in [0, 0.1) is 17.0 Å². The fraction of sp³-hybridized carbons (Fsp3) is 0.0667. The second-order valence-electron chi connectivity index (χ2n) is 4.63. The highest BCUT2D eigenvalue weighted by Crippen LogP contribution is 2.30. The molecule has 6 nitrogen and oxygen atoms in total. The van der Waals surface area contributed by atoms with Gasteiger partial charge in [-0.1, -0.05) is 17.7 Å². The molecule has 0 spiro atoms. The van der Waals surface area contributed by atoms with E-state index in [-0.39, 0.29) is 11.6 Å². The van der Waals surface area contributed by atoms with Gasteiger partial charge < -0.3 is 4.42 Å². The standard InChI is InChI=1S/C15H10ClN3O3/c1-9-12(3-2-4-13(9)19(20)21)15-18-17-14(22-15)10-5-7-11(16)8-6-10/h2-8H,1H3. The summed E-state index contributed by atoms with van der Waals surface area (Å²) < 4.78 is 5.62. The van der Waals surface area contributed by atoms with E-state index in [9.17, 15) is 10.1 Å². The van der Waals surface area contributed by atoms with Gasteiger partial charge in [0.1, 0.15) is 0 Å². The molecule has 22 heavy (non-hydrogen) atoms. The molecule has 0 aliphatic rings. The minimum absolute atomic E-state index is 0.0174. The first-order valence-electron chi connectivity index (χ1n) is 6.40. The molecule has 0 aliphatic heterocycles. The van der Waals surface area contributed by atoms with Crippen LogP contribution >= 0.6 is 11.6 Å². The zero-order valence-electron chi connectivity index (χ0n) is 11.5. The van der Waals surface area contributed by atoms with Crippen molar-refractivity contribution in [3.63, 3.8) is 0 Å². The molecule has 1 aromatic heterocycles. The van der Waals surface area contributed by atoms with Crippen LogP contribution in [0.4, 0.5) is 5.69 Å². The molecule has 3 aromatic rings. The Kier molecular flexibility index (Phi) is 3.60. The van der Waals surface area contributed by atoms with Gasteiger partial charge in [0.25, 0.3) is 5.69 Å². The molecule has 0 atom stereocenters. The minimum Gasteiger partial charge on any atom is -0.416 e. The van der Waals surface area contributed by atoms with E-state index < -0.39 is 4.92 Å². The first-order chi connectivity index (χ1) is 10.6. The number of nitro benzene ring substituents is 1. The molecule has 0 amide bonds. The quantitative estimate of drug-likeness (QED) is 0.532. The summed E-state index contributed by atoms with van der Waals surface area (Å²) in [4.78, 5) is 10.6. The highest BCUT2D eigenvalue weighted by molar-refractivity contribution is 6.30. The van der Waals surface area contributed by atoms with Gasteiger partial charge in [-0.05, 0) is 37.3 Å². The number of hydrogen-bond donors (Lipinski definition) is 0. The third-order valence-electron chi connectivity index (χ3n) is 3.25. The van der Waals surface area contributed by atoms with E-state index in [1.807, 2.05) is 0 Å². The summed E-state index contributed by atoms with van der Waals surface area (Å²) in [5.41, 5.74) is 1.77. The molecule has 7 heteroatoms. The second-order valence-corrected chi connectivity index (χ2v) is 5.06. The Morgan fingerprint density at radius 1 is 1.09 bits per heavy atom. The van der Waals surface area contributed by atoms with Crippen LogP contribution < -0.4 is 0 Å². The van der Waals surface area contributed by atoms with Crippen molar-refractivity contribution < 1.29 is 9.34 Å². The van der Waals surface area contributed by atoms with Crippen LogP contribution in [-0.2, 0) is 0 Å². The van der Waals surface area contributed by atoms with E-state index in [0.29, 0.717) is 22.0 Å². The Hall–Kier alpha value is -2.73. The van der Waals surface area contributed by atoms with Gasteiger partial charge in [-0.2, -0.15) is 0 Å². The molecule has 0 saturated heterocycles. The third-order valence-corrected chi connectivity index (χ3v) is 3.50. The van der Waals surface area contributed by atoms with Crippen molar-refractivity contribution >= 4 is 17.3 Å². The predicted molar refractivity (Wildman–Crippen MR) is 81.6 cm³/mol. The van der Waals surface area contributed by atoms with E-state index in [0.717, 1.165) is 5.56 Å². The highest BCUT2D eigenvalue weighted by atomic mass is 35.5. The molecular weight excluding hydrogens is 306 g/mol. The van der Waals surface area contributed by atoms with Gasteiger partial charge in [-0.25, -0.2) is 0 Å². The summed E-state index contributed by atoms with van der Waals surface area (Å²) in [5.74, 6) is 0.573. The first kappa shape index (κ1) is 14.2. The van der Waals surface area contributed by atoms with Crippen LogP contribution in [0.3, 0.4) is 0 Å². The van der Waals surface area contributed by atoms with Crippen LogP contribution in [0.1, 0.15) is 5.56 Å². The number of hydrogen-bond acceptors (Lipinski definition) is 5. The van der Waals surface area contributed by atoms with Gasteiger partial charge >= 0.3 is 0 Å².